The summed E-state index contributed by atoms with van der Waals surface area (Å²) in [6, 6.07) is 7.70. The topological polar surface area (TPSA) is 76.3 Å². The van der Waals surface area contributed by atoms with Crippen molar-refractivity contribution in [1.82, 2.24) is 9.88 Å². The molecule has 1 aliphatic heterocycles. The van der Waals surface area contributed by atoms with Gasteiger partial charge in [-0.2, -0.15) is 0 Å². The van der Waals surface area contributed by atoms with Crippen molar-refractivity contribution in [2.24, 2.45) is 17.6 Å². The summed E-state index contributed by atoms with van der Waals surface area (Å²) in [5, 5.41) is 1.05. The quantitative estimate of drug-likeness (QED) is 0.903. The molecule has 0 bridgehead atoms. The number of fused-ring (bicyclic) bond motifs is 1. The normalized spacial score (nSPS) is 26.7. The predicted molar refractivity (Wildman–Crippen MR) is 99.9 cm³/mol. The van der Waals surface area contributed by atoms with Gasteiger partial charge in [-0.1, -0.05) is 29.8 Å². The highest BCUT2D eigenvalue weighted by atomic mass is 32.1. The predicted octanol–water partition coefficient (Wildman–Crippen LogP) is 2.94. The monoisotopic (exact) mass is 367 g/mol. The van der Waals surface area contributed by atoms with Gasteiger partial charge in [0.15, 0.2) is 0 Å². The number of amides is 2. The van der Waals surface area contributed by atoms with Gasteiger partial charge in [-0.05, 0) is 43.6 Å². The molecule has 26 heavy (non-hydrogen) atoms. The Labute approximate surface area is 156 Å². The van der Waals surface area contributed by atoms with E-state index >= 15 is 0 Å². The summed E-state index contributed by atoms with van der Waals surface area (Å²) in [6.07, 6.45) is 3.30. The van der Waals surface area contributed by atoms with Crippen molar-refractivity contribution < 1.29 is 9.59 Å². The first kappa shape index (κ1) is 16.0. The van der Waals surface area contributed by atoms with E-state index in [1.165, 1.54) is 0 Å². The molecule has 0 radical (unpaired) electrons. The van der Waals surface area contributed by atoms with Gasteiger partial charge >= 0.3 is 0 Å². The highest BCUT2D eigenvalue weighted by molar-refractivity contribution is 7.15. The molecule has 1 saturated heterocycles. The van der Waals surface area contributed by atoms with E-state index in [2.05, 4.69) is 6.07 Å². The number of thiazole rings is 1. The zero-order chi connectivity index (χ0) is 18.0. The lowest BCUT2D eigenvalue weighted by molar-refractivity contribution is -0.122. The summed E-state index contributed by atoms with van der Waals surface area (Å²) >= 11 is 1.63. The number of carbonyl (C=O) groups excluding carboxylic acids is 2. The van der Waals surface area contributed by atoms with Gasteiger partial charge < -0.3 is 10.6 Å². The Hall–Kier alpha value is -2.21. The van der Waals surface area contributed by atoms with Crippen LogP contribution in [0, 0.1) is 18.8 Å². The molecule has 134 valence electrons. The number of benzene rings is 1. The number of aryl methyl sites for hydroxylation is 1. The van der Waals surface area contributed by atoms with Gasteiger partial charge in [0, 0.05) is 12.5 Å². The van der Waals surface area contributed by atoms with Crippen molar-refractivity contribution in [2.45, 2.75) is 38.1 Å². The Kier molecular flexibility index (Phi) is 3.47. The minimum atomic E-state index is -0.469. The van der Waals surface area contributed by atoms with Crippen LogP contribution in [0.25, 0.3) is 10.4 Å². The Balaban J connectivity index is 1.55. The Morgan fingerprint density at radius 1 is 1.31 bits per heavy atom. The molecule has 2 heterocycles. The summed E-state index contributed by atoms with van der Waals surface area (Å²) in [5.41, 5.74) is 8.28. The minimum absolute atomic E-state index is 0.138. The molecular formula is C20H21N3O2S. The van der Waals surface area contributed by atoms with Crippen LogP contribution in [0.1, 0.15) is 46.2 Å². The van der Waals surface area contributed by atoms with Gasteiger partial charge in [0.1, 0.15) is 11.7 Å². The maximum absolute atomic E-state index is 13.3. The van der Waals surface area contributed by atoms with Crippen molar-refractivity contribution in [3.63, 3.8) is 0 Å². The molecule has 2 saturated carbocycles. The highest BCUT2D eigenvalue weighted by Crippen LogP contribution is 2.50. The van der Waals surface area contributed by atoms with Crippen molar-refractivity contribution in [1.29, 1.82) is 0 Å². The van der Waals surface area contributed by atoms with Crippen molar-refractivity contribution >= 4 is 23.2 Å². The number of hydrogen-bond acceptors (Lipinski definition) is 4. The zero-order valence-corrected chi connectivity index (χ0v) is 15.5. The molecule has 2 aliphatic carbocycles. The van der Waals surface area contributed by atoms with Gasteiger partial charge in [-0.3, -0.25) is 9.59 Å². The summed E-state index contributed by atoms with van der Waals surface area (Å²) in [7, 11) is 0. The van der Waals surface area contributed by atoms with Gasteiger partial charge in [-0.15, -0.1) is 11.3 Å². The van der Waals surface area contributed by atoms with E-state index in [9.17, 15) is 9.59 Å². The van der Waals surface area contributed by atoms with Gasteiger partial charge in [0.05, 0.1) is 9.88 Å². The van der Waals surface area contributed by atoms with Gasteiger partial charge in [-0.25, -0.2) is 4.98 Å². The second-order valence-corrected chi connectivity index (χ2v) is 8.87. The van der Waals surface area contributed by atoms with Crippen molar-refractivity contribution in [2.75, 3.05) is 6.54 Å². The molecule has 2 N–H and O–H groups in total. The van der Waals surface area contributed by atoms with E-state index in [1.807, 2.05) is 25.1 Å². The second kappa shape index (κ2) is 5.64. The lowest BCUT2D eigenvalue weighted by atomic mass is 10.1. The van der Waals surface area contributed by atoms with E-state index in [0.717, 1.165) is 40.3 Å². The third-order valence-electron chi connectivity index (χ3n) is 5.76. The molecule has 0 spiro atoms. The fourth-order valence-electron chi connectivity index (χ4n) is 4.14. The van der Waals surface area contributed by atoms with Crippen LogP contribution in [0.15, 0.2) is 24.3 Å². The first-order chi connectivity index (χ1) is 12.5. The zero-order valence-electron chi connectivity index (χ0n) is 14.6. The minimum Gasteiger partial charge on any atom is -0.368 e. The molecule has 5 nitrogen and oxygen atoms in total. The third-order valence-corrected chi connectivity index (χ3v) is 7.02. The van der Waals surface area contributed by atoms with E-state index in [1.54, 1.807) is 16.2 Å². The lowest BCUT2D eigenvalue weighted by Crippen LogP contribution is -2.46. The fourth-order valence-corrected chi connectivity index (χ4v) is 5.37. The summed E-state index contributed by atoms with van der Waals surface area (Å²) < 4.78 is 0. The summed E-state index contributed by atoms with van der Waals surface area (Å²) in [5.74, 6) is 0.642. The number of primary amides is 1. The molecule has 5 rings (SSSR count). The van der Waals surface area contributed by atoms with Crippen LogP contribution in [0.2, 0.25) is 0 Å². The highest BCUT2D eigenvalue weighted by Gasteiger charge is 2.56. The standard InChI is InChI=1S/C20H21N3O2S/c1-10-3-2-4-12(7-10)17-15(22-19(26-17)11-5-6-11)20(25)23-9-13-8-14(13)16(23)18(21)24/h2-4,7,11,13-14,16H,5-6,8-9H2,1H3,(H2,21,24)/t13-,14-,16-/m0/s1. The van der Waals surface area contributed by atoms with Gasteiger partial charge in [0.25, 0.3) is 5.91 Å². The first-order valence-electron chi connectivity index (χ1n) is 9.21. The van der Waals surface area contributed by atoms with E-state index in [-0.39, 0.29) is 11.8 Å². The van der Waals surface area contributed by atoms with Crippen LogP contribution in [0.3, 0.4) is 0 Å². The van der Waals surface area contributed by atoms with Crippen LogP contribution < -0.4 is 5.73 Å². The van der Waals surface area contributed by atoms with Crippen LogP contribution in [-0.2, 0) is 4.79 Å². The number of piperidine rings is 1. The Morgan fingerprint density at radius 3 is 2.81 bits per heavy atom. The molecule has 2 amide bonds. The lowest BCUT2D eigenvalue weighted by Gasteiger charge is -2.24. The van der Waals surface area contributed by atoms with Crippen LogP contribution in [0.5, 0.6) is 0 Å². The molecule has 2 aromatic rings. The smallest absolute Gasteiger partial charge is 0.274 e. The number of rotatable bonds is 4. The number of carbonyl (C=O) groups is 2. The Morgan fingerprint density at radius 2 is 2.12 bits per heavy atom. The van der Waals surface area contributed by atoms with Crippen LogP contribution >= 0.6 is 11.3 Å². The molecule has 6 heteroatoms. The molecule has 1 aromatic carbocycles. The summed E-state index contributed by atoms with van der Waals surface area (Å²) in [4.78, 5) is 32.6. The van der Waals surface area contributed by atoms with E-state index < -0.39 is 11.9 Å². The molecule has 1 aromatic heterocycles. The molecule has 0 unspecified atom stereocenters. The fraction of sp³-hybridized carbons (Fsp3) is 0.450. The average molecular weight is 367 g/mol. The number of hydrogen-bond donors (Lipinski definition) is 1. The number of likely N-dealkylation sites (tertiary alicyclic amines) is 1. The average Bonchev–Trinajstić information content (AvgIpc) is 3.52. The second-order valence-electron chi connectivity index (χ2n) is 7.84. The number of nitrogens with zero attached hydrogens (tertiary/aromatic N) is 2. The van der Waals surface area contributed by atoms with E-state index in [4.69, 9.17) is 10.7 Å². The maximum atomic E-state index is 13.3. The van der Waals surface area contributed by atoms with Crippen molar-refractivity contribution in [3.8, 4) is 10.4 Å². The van der Waals surface area contributed by atoms with Gasteiger partial charge in [0.2, 0.25) is 5.91 Å². The third kappa shape index (κ3) is 2.55. The summed E-state index contributed by atoms with van der Waals surface area (Å²) in [6.45, 7) is 2.67. The van der Waals surface area contributed by atoms with Crippen LogP contribution in [-0.4, -0.2) is 34.3 Å². The number of nitrogens with two attached hydrogens (primary N) is 1. The Bertz CT molecular complexity index is 918. The largest absolute Gasteiger partial charge is 0.368 e. The molecule has 3 aliphatic rings. The van der Waals surface area contributed by atoms with E-state index in [0.29, 0.717) is 24.1 Å². The molecule has 3 atom stereocenters. The SMILES string of the molecule is Cc1cccc(-c2sc(C3CC3)nc2C(=O)N2C[C@@H]3C[C@@H]3[C@H]2C(N)=O)c1. The maximum Gasteiger partial charge on any atom is 0.274 e. The van der Waals surface area contributed by atoms with Crippen molar-refractivity contribution in [3.05, 3.63) is 40.5 Å². The number of aromatic nitrogens is 1. The molecular weight excluding hydrogens is 346 g/mol. The van der Waals surface area contributed by atoms with Crippen LogP contribution in [0.4, 0.5) is 0 Å². The first-order valence-corrected chi connectivity index (χ1v) is 10.0. The molecule has 3 fully saturated rings.